The van der Waals surface area contributed by atoms with Crippen molar-refractivity contribution in [3.63, 3.8) is 0 Å². The summed E-state index contributed by atoms with van der Waals surface area (Å²) in [5.41, 5.74) is 1.80. The van der Waals surface area contributed by atoms with E-state index in [-0.39, 0.29) is 17.7 Å². The number of hydrogen-bond donors (Lipinski definition) is 0. The normalized spacial score (nSPS) is 15.3. The lowest BCUT2D eigenvalue weighted by Crippen LogP contribution is -2.37. The molecule has 0 amide bonds. The topological polar surface area (TPSA) is 36.3 Å². The van der Waals surface area contributed by atoms with Crippen LogP contribution in [0.4, 0.5) is 14.5 Å². The van der Waals surface area contributed by atoms with Gasteiger partial charge in [-0.1, -0.05) is 12.1 Å². The highest BCUT2D eigenvalue weighted by molar-refractivity contribution is 5.51. The third kappa shape index (κ3) is 3.90. The first-order valence-corrected chi connectivity index (χ1v) is 7.96. The molecule has 0 unspecified atom stereocenters. The maximum atomic E-state index is 14.1. The number of rotatable bonds is 4. The standard InChI is InChI=1S/C19H18F2N2O/c20-16-4-1-14(2-5-16)13-24-17-7-9-23(10-8-17)19-6-3-15(12-22)11-18(19)21/h1-6,11,17H,7-10,13H2. The average molecular weight is 328 g/mol. The number of halogens is 2. The molecular weight excluding hydrogens is 310 g/mol. The van der Waals surface area contributed by atoms with Crippen LogP contribution < -0.4 is 4.90 Å². The van der Waals surface area contributed by atoms with Crippen LogP contribution in [0, 0.1) is 23.0 Å². The molecule has 0 spiro atoms. The molecule has 0 saturated carbocycles. The van der Waals surface area contributed by atoms with Crippen molar-refractivity contribution in [1.82, 2.24) is 0 Å². The predicted molar refractivity (Wildman–Crippen MR) is 87.5 cm³/mol. The van der Waals surface area contributed by atoms with Gasteiger partial charge >= 0.3 is 0 Å². The Labute approximate surface area is 140 Å². The Kier molecular flexibility index (Phi) is 5.07. The zero-order valence-corrected chi connectivity index (χ0v) is 13.2. The summed E-state index contributed by atoms with van der Waals surface area (Å²) in [6, 6.07) is 12.8. The van der Waals surface area contributed by atoms with Gasteiger partial charge in [0.15, 0.2) is 0 Å². The van der Waals surface area contributed by atoms with E-state index in [9.17, 15) is 8.78 Å². The molecule has 1 heterocycles. The van der Waals surface area contributed by atoms with Crippen LogP contribution in [0.1, 0.15) is 24.0 Å². The van der Waals surface area contributed by atoms with E-state index in [1.54, 1.807) is 24.3 Å². The van der Waals surface area contributed by atoms with Crippen molar-refractivity contribution in [2.75, 3.05) is 18.0 Å². The highest BCUT2D eigenvalue weighted by Crippen LogP contribution is 2.25. The fraction of sp³-hybridized carbons (Fsp3) is 0.316. The molecule has 0 N–H and O–H groups in total. The first-order valence-electron chi connectivity index (χ1n) is 7.96. The summed E-state index contributed by atoms with van der Waals surface area (Å²) < 4.78 is 32.8. The van der Waals surface area contributed by atoms with Gasteiger partial charge in [0, 0.05) is 13.1 Å². The molecule has 3 nitrogen and oxygen atoms in total. The monoisotopic (exact) mass is 328 g/mol. The molecule has 0 bridgehead atoms. The van der Waals surface area contributed by atoms with Gasteiger partial charge in [-0.3, -0.25) is 0 Å². The van der Waals surface area contributed by atoms with E-state index in [0.29, 0.717) is 30.9 Å². The zero-order valence-electron chi connectivity index (χ0n) is 13.2. The van der Waals surface area contributed by atoms with Gasteiger partial charge in [0.05, 0.1) is 30.0 Å². The van der Waals surface area contributed by atoms with E-state index >= 15 is 0 Å². The molecule has 2 aromatic rings. The molecule has 0 aliphatic carbocycles. The number of ether oxygens (including phenoxy) is 1. The van der Waals surface area contributed by atoms with Gasteiger partial charge in [-0.25, -0.2) is 8.78 Å². The van der Waals surface area contributed by atoms with Gasteiger partial charge in [-0.15, -0.1) is 0 Å². The quantitative estimate of drug-likeness (QED) is 0.850. The Morgan fingerprint density at radius 2 is 1.79 bits per heavy atom. The molecule has 124 valence electrons. The Morgan fingerprint density at radius 3 is 2.42 bits per heavy atom. The second-order valence-corrected chi connectivity index (χ2v) is 5.90. The van der Waals surface area contributed by atoms with Crippen molar-refractivity contribution in [2.24, 2.45) is 0 Å². The SMILES string of the molecule is N#Cc1ccc(N2CCC(OCc3ccc(F)cc3)CC2)c(F)c1. The molecule has 1 aliphatic rings. The smallest absolute Gasteiger partial charge is 0.147 e. The van der Waals surface area contributed by atoms with Crippen molar-refractivity contribution in [3.05, 3.63) is 65.2 Å². The summed E-state index contributed by atoms with van der Waals surface area (Å²) in [6.07, 6.45) is 1.73. The molecule has 0 radical (unpaired) electrons. The lowest BCUT2D eigenvalue weighted by atomic mass is 10.1. The number of anilines is 1. The molecule has 3 rings (SSSR count). The van der Waals surface area contributed by atoms with Gasteiger partial charge < -0.3 is 9.64 Å². The molecule has 1 aliphatic heterocycles. The van der Waals surface area contributed by atoms with E-state index in [1.165, 1.54) is 18.2 Å². The molecule has 5 heteroatoms. The Hall–Kier alpha value is -2.45. The van der Waals surface area contributed by atoms with Crippen molar-refractivity contribution >= 4 is 5.69 Å². The van der Waals surface area contributed by atoms with Crippen LogP contribution in [0.3, 0.4) is 0 Å². The minimum atomic E-state index is -0.361. The van der Waals surface area contributed by atoms with Crippen LogP contribution >= 0.6 is 0 Å². The van der Waals surface area contributed by atoms with E-state index in [4.69, 9.17) is 10.00 Å². The van der Waals surface area contributed by atoms with Crippen LogP contribution in [0.15, 0.2) is 42.5 Å². The summed E-state index contributed by atoms with van der Waals surface area (Å²) in [5.74, 6) is -0.615. The van der Waals surface area contributed by atoms with Gasteiger partial charge in [-0.2, -0.15) is 5.26 Å². The number of nitrogens with zero attached hydrogens (tertiary/aromatic N) is 2. The lowest BCUT2D eigenvalue weighted by molar-refractivity contribution is 0.0250. The van der Waals surface area contributed by atoms with Crippen LogP contribution in [-0.2, 0) is 11.3 Å². The highest BCUT2D eigenvalue weighted by atomic mass is 19.1. The summed E-state index contributed by atoms with van der Waals surface area (Å²) in [7, 11) is 0. The number of piperidine rings is 1. The molecule has 1 fully saturated rings. The van der Waals surface area contributed by atoms with Crippen molar-refractivity contribution in [3.8, 4) is 6.07 Å². The Morgan fingerprint density at radius 1 is 1.08 bits per heavy atom. The molecule has 2 aromatic carbocycles. The van der Waals surface area contributed by atoms with Crippen LogP contribution in [-0.4, -0.2) is 19.2 Å². The highest BCUT2D eigenvalue weighted by Gasteiger charge is 2.22. The second kappa shape index (κ2) is 7.41. The number of nitriles is 1. The number of benzene rings is 2. The molecule has 0 atom stereocenters. The zero-order chi connectivity index (χ0) is 16.9. The van der Waals surface area contributed by atoms with E-state index < -0.39 is 0 Å². The van der Waals surface area contributed by atoms with E-state index in [0.717, 1.165) is 18.4 Å². The molecular formula is C19H18F2N2O. The van der Waals surface area contributed by atoms with Gasteiger partial charge in [0.1, 0.15) is 11.6 Å². The van der Waals surface area contributed by atoms with Crippen molar-refractivity contribution < 1.29 is 13.5 Å². The third-order valence-corrected chi connectivity index (χ3v) is 4.26. The van der Waals surface area contributed by atoms with Gasteiger partial charge in [-0.05, 0) is 48.7 Å². The van der Waals surface area contributed by atoms with E-state index in [1.807, 2.05) is 11.0 Å². The van der Waals surface area contributed by atoms with Crippen LogP contribution in [0.2, 0.25) is 0 Å². The maximum Gasteiger partial charge on any atom is 0.147 e. The van der Waals surface area contributed by atoms with Crippen LogP contribution in [0.5, 0.6) is 0 Å². The summed E-state index contributed by atoms with van der Waals surface area (Å²) in [6.45, 7) is 1.87. The Bertz CT molecular complexity index is 732. The van der Waals surface area contributed by atoms with Gasteiger partial charge in [0.2, 0.25) is 0 Å². The summed E-state index contributed by atoms with van der Waals surface area (Å²) >= 11 is 0. The Balaban J connectivity index is 1.52. The second-order valence-electron chi connectivity index (χ2n) is 5.90. The third-order valence-electron chi connectivity index (χ3n) is 4.26. The first kappa shape index (κ1) is 16.4. The molecule has 0 aromatic heterocycles. The van der Waals surface area contributed by atoms with Crippen molar-refractivity contribution in [2.45, 2.75) is 25.6 Å². The average Bonchev–Trinajstić information content (AvgIpc) is 2.62. The number of hydrogen-bond acceptors (Lipinski definition) is 3. The largest absolute Gasteiger partial charge is 0.373 e. The lowest BCUT2D eigenvalue weighted by Gasteiger charge is -2.33. The fourth-order valence-corrected chi connectivity index (χ4v) is 2.89. The maximum absolute atomic E-state index is 14.1. The molecule has 1 saturated heterocycles. The minimum absolute atomic E-state index is 0.118. The predicted octanol–water partition coefficient (Wildman–Crippen LogP) is 4.02. The summed E-state index contributed by atoms with van der Waals surface area (Å²) in [5, 5.41) is 8.80. The van der Waals surface area contributed by atoms with Crippen molar-refractivity contribution in [1.29, 1.82) is 5.26 Å². The van der Waals surface area contributed by atoms with Crippen LogP contribution in [0.25, 0.3) is 0 Å². The van der Waals surface area contributed by atoms with E-state index in [2.05, 4.69) is 0 Å². The first-order chi connectivity index (χ1) is 11.7. The molecule has 24 heavy (non-hydrogen) atoms. The minimum Gasteiger partial charge on any atom is -0.373 e. The van der Waals surface area contributed by atoms with Gasteiger partial charge in [0.25, 0.3) is 0 Å². The summed E-state index contributed by atoms with van der Waals surface area (Å²) in [4.78, 5) is 1.98. The fourth-order valence-electron chi connectivity index (χ4n) is 2.89.